The number of unbranched alkanes of at least 4 members (excludes halogenated alkanes) is 1. The quantitative estimate of drug-likeness (QED) is 0.676. The molecular weight excluding hydrogens is 314 g/mol. The summed E-state index contributed by atoms with van der Waals surface area (Å²) in [5, 5.41) is 3.51. The number of methoxy groups -OCH3 is 2. The molecule has 0 saturated heterocycles. The van der Waals surface area contributed by atoms with Crippen molar-refractivity contribution in [1.82, 2.24) is 5.32 Å². The molecule has 0 amide bonds. The predicted octanol–water partition coefficient (Wildman–Crippen LogP) is 4.47. The number of hydrogen-bond donors (Lipinski definition) is 1. The van der Waals surface area contributed by atoms with Crippen LogP contribution in [0, 0.1) is 0 Å². The van der Waals surface area contributed by atoms with Gasteiger partial charge in [-0.05, 0) is 26.3 Å². The van der Waals surface area contributed by atoms with Gasteiger partial charge in [0, 0.05) is 28.7 Å². The normalized spacial score (nSPS) is 20.1. The Hall–Kier alpha value is -1.42. The highest BCUT2D eigenvalue weighted by molar-refractivity contribution is 5.61. The first kappa shape index (κ1) is 19.9. The van der Waals surface area contributed by atoms with E-state index in [0.29, 0.717) is 6.04 Å². The van der Waals surface area contributed by atoms with Crippen molar-refractivity contribution >= 4 is 0 Å². The van der Waals surface area contributed by atoms with Gasteiger partial charge >= 0.3 is 0 Å². The number of ether oxygens (including phenoxy) is 3. The fourth-order valence-electron chi connectivity index (χ4n) is 4.12. The first-order valence-corrected chi connectivity index (χ1v) is 9.62. The average molecular weight is 350 g/mol. The molecular formula is C21H35NO3. The van der Waals surface area contributed by atoms with Gasteiger partial charge in [-0.1, -0.05) is 40.0 Å². The van der Waals surface area contributed by atoms with Crippen LogP contribution in [0.15, 0.2) is 6.07 Å². The van der Waals surface area contributed by atoms with Gasteiger partial charge in [-0.2, -0.15) is 0 Å². The topological polar surface area (TPSA) is 39.7 Å². The van der Waals surface area contributed by atoms with Gasteiger partial charge in [0.05, 0.1) is 20.8 Å². The minimum Gasteiger partial charge on any atom is -0.493 e. The third-order valence-electron chi connectivity index (χ3n) is 5.39. The number of fused-ring (bicyclic) bond motifs is 1. The SMILES string of the molecule is CCCC[C@H](CC1(C)COc2cc(OC)c(OC)c(CCC)c21)NC. The van der Waals surface area contributed by atoms with Crippen LogP contribution in [0.1, 0.15) is 64.0 Å². The second-order valence-corrected chi connectivity index (χ2v) is 7.40. The molecule has 142 valence electrons. The lowest BCUT2D eigenvalue weighted by Crippen LogP contribution is -2.36. The van der Waals surface area contributed by atoms with Crippen LogP contribution in [0.2, 0.25) is 0 Å². The molecule has 2 rings (SSSR count). The zero-order valence-corrected chi connectivity index (χ0v) is 16.8. The maximum absolute atomic E-state index is 6.13. The Balaban J connectivity index is 2.44. The first-order chi connectivity index (χ1) is 12.0. The second kappa shape index (κ2) is 8.79. The molecule has 1 aliphatic rings. The monoisotopic (exact) mass is 349 g/mol. The van der Waals surface area contributed by atoms with E-state index in [4.69, 9.17) is 14.2 Å². The number of hydrogen-bond acceptors (Lipinski definition) is 4. The summed E-state index contributed by atoms with van der Waals surface area (Å²) in [5.74, 6) is 2.61. The van der Waals surface area contributed by atoms with E-state index in [-0.39, 0.29) is 5.41 Å². The molecule has 1 unspecified atom stereocenters. The number of rotatable bonds is 10. The molecule has 2 atom stereocenters. The summed E-state index contributed by atoms with van der Waals surface area (Å²) < 4.78 is 17.4. The van der Waals surface area contributed by atoms with Crippen LogP contribution in [0.4, 0.5) is 0 Å². The van der Waals surface area contributed by atoms with Crippen molar-refractivity contribution in [3.63, 3.8) is 0 Å². The molecule has 0 fully saturated rings. The molecule has 1 heterocycles. The maximum atomic E-state index is 6.13. The molecule has 1 aliphatic heterocycles. The summed E-state index contributed by atoms with van der Waals surface area (Å²) in [7, 11) is 5.49. The summed E-state index contributed by atoms with van der Waals surface area (Å²) in [4.78, 5) is 0. The maximum Gasteiger partial charge on any atom is 0.164 e. The Morgan fingerprint density at radius 2 is 2.00 bits per heavy atom. The molecule has 4 heteroatoms. The summed E-state index contributed by atoms with van der Waals surface area (Å²) in [5.41, 5.74) is 2.58. The van der Waals surface area contributed by atoms with E-state index < -0.39 is 0 Å². The average Bonchev–Trinajstić information content (AvgIpc) is 2.95. The zero-order valence-electron chi connectivity index (χ0n) is 16.8. The molecule has 4 nitrogen and oxygen atoms in total. The molecule has 1 aromatic rings. The highest BCUT2D eigenvalue weighted by Gasteiger charge is 2.41. The van der Waals surface area contributed by atoms with Crippen LogP contribution in [-0.4, -0.2) is 33.9 Å². The third kappa shape index (κ3) is 4.05. The number of benzene rings is 1. The largest absolute Gasteiger partial charge is 0.493 e. The lowest BCUT2D eigenvalue weighted by molar-refractivity contribution is 0.246. The highest BCUT2D eigenvalue weighted by atomic mass is 16.5. The minimum atomic E-state index is 0.000800. The van der Waals surface area contributed by atoms with Crippen LogP contribution in [0.3, 0.4) is 0 Å². The van der Waals surface area contributed by atoms with Crippen molar-refractivity contribution in [2.75, 3.05) is 27.9 Å². The Morgan fingerprint density at radius 3 is 2.56 bits per heavy atom. The van der Waals surface area contributed by atoms with Gasteiger partial charge in [-0.3, -0.25) is 0 Å². The van der Waals surface area contributed by atoms with Crippen molar-refractivity contribution in [2.24, 2.45) is 0 Å². The van der Waals surface area contributed by atoms with Crippen LogP contribution >= 0.6 is 0 Å². The van der Waals surface area contributed by atoms with Crippen molar-refractivity contribution in [1.29, 1.82) is 0 Å². The zero-order chi connectivity index (χ0) is 18.4. The third-order valence-corrected chi connectivity index (χ3v) is 5.39. The Kier molecular flexibility index (Phi) is 7.00. The van der Waals surface area contributed by atoms with Gasteiger partial charge in [0.15, 0.2) is 11.5 Å². The van der Waals surface area contributed by atoms with Gasteiger partial charge in [0.1, 0.15) is 5.75 Å². The summed E-state index contributed by atoms with van der Waals surface area (Å²) in [6.45, 7) is 7.51. The Labute approximate surface area is 153 Å². The first-order valence-electron chi connectivity index (χ1n) is 9.62. The van der Waals surface area contributed by atoms with Crippen molar-refractivity contribution in [3.8, 4) is 17.2 Å². The van der Waals surface area contributed by atoms with Gasteiger partial charge in [-0.15, -0.1) is 0 Å². The van der Waals surface area contributed by atoms with Crippen molar-refractivity contribution < 1.29 is 14.2 Å². The predicted molar refractivity (Wildman–Crippen MR) is 103 cm³/mol. The molecule has 1 aromatic carbocycles. The highest BCUT2D eigenvalue weighted by Crippen LogP contribution is 2.50. The van der Waals surface area contributed by atoms with Crippen LogP contribution in [0.5, 0.6) is 17.2 Å². The molecule has 0 aliphatic carbocycles. The van der Waals surface area contributed by atoms with E-state index in [2.05, 4.69) is 33.1 Å². The van der Waals surface area contributed by atoms with E-state index in [1.807, 2.05) is 6.07 Å². The van der Waals surface area contributed by atoms with Gasteiger partial charge in [0.2, 0.25) is 0 Å². The van der Waals surface area contributed by atoms with E-state index in [0.717, 1.165) is 43.1 Å². The van der Waals surface area contributed by atoms with Crippen molar-refractivity contribution in [2.45, 2.75) is 70.8 Å². The smallest absolute Gasteiger partial charge is 0.164 e. The Morgan fingerprint density at radius 1 is 1.24 bits per heavy atom. The molecule has 1 N–H and O–H groups in total. The van der Waals surface area contributed by atoms with Gasteiger partial charge in [0.25, 0.3) is 0 Å². The number of nitrogens with one attached hydrogen (secondary N) is 1. The van der Waals surface area contributed by atoms with Gasteiger partial charge in [-0.25, -0.2) is 0 Å². The summed E-state index contributed by atoms with van der Waals surface area (Å²) in [6.07, 6.45) is 6.80. The fraction of sp³-hybridized carbons (Fsp3) is 0.714. The van der Waals surface area contributed by atoms with Crippen molar-refractivity contribution in [3.05, 3.63) is 17.2 Å². The summed E-state index contributed by atoms with van der Waals surface area (Å²) in [6, 6.07) is 2.50. The molecule has 0 radical (unpaired) electrons. The lowest BCUT2D eigenvalue weighted by atomic mass is 9.75. The van der Waals surface area contributed by atoms with Crippen LogP contribution < -0.4 is 19.5 Å². The van der Waals surface area contributed by atoms with Crippen LogP contribution in [-0.2, 0) is 11.8 Å². The standard InChI is InChI=1S/C21H35NO3/c1-7-9-11-15(22-4)13-21(3)14-25-17-12-18(23-5)20(24-6)16(10-8-2)19(17)21/h12,15,22H,7-11,13-14H2,1-6H3/t15-,21?/m1/s1. The lowest BCUT2D eigenvalue weighted by Gasteiger charge is -2.30. The second-order valence-electron chi connectivity index (χ2n) is 7.40. The fourth-order valence-corrected chi connectivity index (χ4v) is 4.12. The minimum absolute atomic E-state index is 0.000800. The van der Waals surface area contributed by atoms with E-state index in [9.17, 15) is 0 Å². The van der Waals surface area contributed by atoms with Gasteiger partial charge < -0.3 is 19.5 Å². The van der Waals surface area contributed by atoms with E-state index in [1.165, 1.54) is 30.4 Å². The molecule has 0 spiro atoms. The Bertz CT molecular complexity index is 573. The molecule has 0 bridgehead atoms. The molecule has 0 aromatic heterocycles. The van der Waals surface area contributed by atoms with E-state index >= 15 is 0 Å². The summed E-state index contributed by atoms with van der Waals surface area (Å²) >= 11 is 0. The molecule has 25 heavy (non-hydrogen) atoms. The van der Waals surface area contributed by atoms with E-state index in [1.54, 1.807) is 14.2 Å². The molecule has 0 saturated carbocycles. The van der Waals surface area contributed by atoms with Crippen LogP contribution in [0.25, 0.3) is 0 Å².